The van der Waals surface area contributed by atoms with Crippen molar-refractivity contribution < 1.29 is 24.0 Å². The van der Waals surface area contributed by atoms with Crippen molar-refractivity contribution in [3.63, 3.8) is 0 Å². The fourth-order valence-corrected chi connectivity index (χ4v) is 2.35. The summed E-state index contributed by atoms with van der Waals surface area (Å²) in [5.74, 6) is -0.985. The molecule has 0 saturated carbocycles. The summed E-state index contributed by atoms with van der Waals surface area (Å²) >= 11 is 0. The Bertz CT molecular complexity index is 912. The summed E-state index contributed by atoms with van der Waals surface area (Å²) in [4.78, 5) is 45.9. The van der Waals surface area contributed by atoms with Crippen molar-refractivity contribution >= 4 is 29.1 Å². The summed E-state index contributed by atoms with van der Waals surface area (Å²) in [5.41, 5.74) is 5.29. The zero-order valence-electron chi connectivity index (χ0n) is 16.5. The van der Waals surface area contributed by atoms with Crippen LogP contribution in [0, 0.1) is 10.1 Å². The topological polar surface area (TPSA) is 140 Å². The van der Waals surface area contributed by atoms with Crippen molar-refractivity contribution in [3.05, 3.63) is 64.2 Å². The third-order valence-electron chi connectivity index (χ3n) is 3.94. The average molecular weight is 414 g/mol. The molecule has 158 valence electrons. The third kappa shape index (κ3) is 6.59. The van der Waals surface area contributed by atoms with Crippen LogP contribution in [0.4, 0.5) is 11.4 Å². The van der Waals surface area contributed by atoms with E-state index in [4.69, 9.17) is 4.74 Å². The Kier molecular flexibility index (Phi) is 7.86. The van der Waals surface area contributed by atoms with Gasteiger partial charge in [0.05, 0.1) is 4.92 Å². The molecule has 2 aromatic carbocycles. The molecule has 30 heavy (non-hydrogen) atoms. The molecule has 0 aliphatic carbocycles. The van der Waals surface area contributed by atoms with Gasteiger partial charge in [0, 0.05) is 29.8 Å². The molecule has 2 aromatic rings. The van der Waals surface area contributed by atoms with Crippen molar-refractivity contribution in [2.75, 3.05) is 5.32 Å². The lowest BCUT2D eigenvalue weighted by atomic mass is 10.2. The van der Waals surface area contributed by atoms with E-state index in [0.717, 1.165) is 6.42 Å². The largest absolute Gasteiger partial charge is 0.481 e. The van der Waals surface area contributed by atoms with Gasteiger partial charge in [0.1, 0.15) is 5.75 Å². The minimum Gasteiger partial charge on any atom is -0.481 e. The zero-order valence-corrected chi connectivity index (χ0v) is 16.5. The molecule has 0 aliphatic heterocycles. The monoisotopic (exact) mass is 414 g/mol. The van der Waals surface area contributed by atoms with Crippen LogP contribution in [-0.2, 0) is 9.59 Å². The first-order valence-electron chi connectivity index (χ1n) is 9.21. The molecule has 0 aliphatic rings. The van der Waals surface area contributed by atoms with Crippen LogP contribution < -0.4 is 20.9 Å². The summed E-state index contributed by atoms with van der Waals surface area (Å²) < 4.78 is 5.40. The van der Waals surface area contributed by atoms with E-state index in [9.17, 15) is 24.5 Å². The molecular weight excluding hydrogens is 392 g/mol. The van der Waals surface area contributed by atoms with Crippen molar-refractivity contribution in [3.8, 4) is 5.75 Å². The Balaban J connectivity index is 1.83. The number of carbonyl (C=O) groups is 3. The number of nitrogens with one attached hydrogen (secondary N) is 3. The zero-order chi connectivity index (χ0) is 22.1. The normalized spacial score (nSPS) is 11.1. The summed E-state index contributed by atoms with van der Waals surface area (Å²) in [6, 6.07) is 11.5. The Morgan fingerprint density at radius 2 is 1.67 bits per heavy atom. The van der Waals surface area contributed by atoms with E-state index in [1.165, 1.54) is 43.3 Å². The van der Waals surface area contributed by atoms with Gasteiger partial charge in [-0.1, -0.05) is 6.92 Å². The molecule has 0 bridgehead atoms. The molecule has 2 rings (SSSR count). The first-order chi connectivity index (χ1) is 14.3. The van der Waals surface area contributed by atoms with E-state index in [1.807, 2.05) is 6.92 Å². The number of hydrogen-bond donors (Lipinski definition) is 3. The lowest BCUT2D eigenvalue weighted by molar-refractivity contribution is -0.384. The third-order valence-corrected chi connectivity index (χ3v) is 3.94. The maximum atomic E-state index is 12.1. The van der Waals surface area contributed by atoms with Gasteiger partial charge in [-0.3, -0.25) is 35.3 Å². The molecule has 3 N–H and O–H groups in total. The number of benzene rings is 2. The molecule has 0 aromatic heterocycles. The Morgan fingerprint density at radius 3 is 2.23 bits per heavy atom. The number of rotatable bonds is 8. The summed E-state index contributed by atoms with van der Waals surface area (Å²) in [6.07, 6.45) is 0.190. The summed E-state index contributed by atoms with van der Waals surface area (Å²) in [6.45, 7) is 3.37. The lowest BCUT2D eigenvalue weighted by Crippen LogP contribution is -2.47. The SMILES string of the molecule is CCCC(=O)Nc1ccc(C(=O)NNC(=O)C(C)Oc2ccc([N+](=O)[O-])cc2)cc1. The highest BCUT2D eigenvalue weighted by Crippen LogP contribution is 2.18. The van der Waals surface area contributed by atoms with Gasteiger partial charge >= 0.3 is 0 Å². The van der Waals surface area contributed by atoms with E-state index in [0.29, 0.717) is 12.1 Å². The molecule has 0 spiro atoms. The Morgan fingerprint density at radius 1 is 1.03 bits per heavy atom. The number of hydrazine groups is 1. The number of nitro benzene ring substituents is 1. The summed E-state index contributed by atoms with van der Waals surface area (Å²) in [7, 11) is 0. The fraction of sp³-hybridized carbons (Fsp3) is 0.250. The molecular formula is C20H22N4O6. The van der Waals surface area contributed by atoms with E-state index in [1.54, 1.807) is 12.1 Å². The van der Waals surface area contributed by atoms with Crippen molar-refractivity contribution in [2.24, 2.45) is 0 Å². The maximum absolute atomic E-state index is 12.1. The predicted octanol–water partition coefficient (Wildman–Crippen LogP) is 2.56. The predicted molar refractivity (Wildman–Crippen MR) is 109 cm³/mol. The number of amides is 3. The van der Waals surface area contributed by atoms with Crippen LogP contribution in [0.25, 0.3) is 0 Å². The molecule has 0 saturated heterocycles. The van der Waals surface area contributed by atoms with Crippen molar-refractivity contribution in [1.29, 1.82) is 0 Å². The number of anilines is 1. The first kappa shape index (κ1) is 22.3. The number of non-ortho nitro benzene ring substituents is 1. The lowest BCUT2D eigenvalue weighted by Gasteiger charge is -2.15. The molecule has 10 heteroatoms. The van der Waals surface area contributed by atoms with Crippen LogP contribution in [-0.4, -0.2) is 28.7 Å². The highest BCUT2D eigenvalue weighted by molar-refractivity contribution is 5.97. The van der Waals surface area contributed by atoms with Gasteiger partial charge in [-0.2, -0.15) is 0 Å². The molecule has 3 amide bonds. The highest BCUT2D eigenvalue weighted by atomic mass is 16.6. The van der Waals surface area contributed by atoms with Gasteiger partial charge in [-0.05, 0) is 49.7 Å². The maximum Gasteiger partial charge on any atom is 0.279 e. The number of hydrogen-bond acceptors (Lipinski definition) is 6. The fourth-order valence-electron chi connectivity index (χ4n) is 2.35. The van der Waals surface area contributed by atoms with Crippen LogP contribution in [0.1, 0.15) is 37.0 Å². The molecule has 1 atom stereocenters. The number of nitro groups is 1. The minimum atomic E-state index is -0.956. The van der Waals surface area contributed by atoms with E-state index in [2.05, 4.69) is 16.2 Å². The molecule has 1 unspecified atom stereocenters. The van der Waals surface area contributed by atoms with Gasteiger partial charge in [-0.25, -0.2) is 0 Å². The van der Waals surface area contributed by atoms with Gasteiger partial charge in [0.15, 0.2) is 6.10 Å². The quantitative estimate of drug-likeness (QED) is 0.448. The molecule has 0 radical (unpaired) electrons. The molecule has 0 fully saturated rings. The van der Waals surface area contributed by atoms with Gasteiger partial charge in [-0.15, -0.1) is 0 Å². The Hall–Kier alpha value is -3.95. The minimum absolute atomic E-state index is 0.0948. The van der Waals surface area contributed by atoms with E-state index in [-0.39, 0.29) is 22.9 Å². The van der Waals surface area contributed by atoms with Crippen LogP contribution >= 0.6 is 0 Å². The van der Waals surface area contributed by atoms with Crippen LogP contribution in [0.3, 0.4) is 0 Å². The first-order valence-corrected chi connectivity index (χ1v) is 9.21. The van der Waals surface area contributed by atoms with Crippen LogP contribution in [0.15, 0.2) is 48.5 Å². The highest BCUT2D eigenvalue weighted by Gasteiger charge is 2.16. The van der Waals surface area contributed by atoms with Crippen LogP contribution in [0.2, 0.25) is 0 Å². The summed E-state index contributed by atoms with van der Waals surface area (Å²) in [5, 5.41) is 13.4. The molecule has 10 nitrogen and oxygen atoms in total. The van der Waals surface area contributed by atoms with Crippen LogP contribution in [0.5, 0.6) is 5.75 Å². The van der Waals surface area contributed by atoms with E-state index < -0.39 is 22.8 Å². The van der Waals surface area contributed by atoms with Gasteiger partial charge < -0.3 is 10.1 Å². The van der Waals surface area contributed by atoms with Gasteiger partial charge in [0.25, 0.3) is 17.5 Å². The number of nitrogens with zero attached hydrogens (tertiary/aromatic N) is 1. The second kappa shape index (κ2) is 10.6. The van der Waals surface area contributed by atoms with Gasteiger partial charge in [0.2, 0.25) is 5.91 Å². The number of ether oxygens (including phenoxy) is 1. The number of carbonyl (C=O) groups excluding carboxylic acids is 3. The smallest absolute Gasteiger partial charge is 0.279 e. The van der Waals surface area contributed by atoms with Crippen molar-refractivity contribution in [2.45, 2.75) is 32.8 Å². The average Bonchev–Trinajstić information content (AvgIpc) is 2.72. The molecule has 0 heterocycles. The van der Waals surface area contributed by atoms with E-state index >= 15 is 0 Å². The van der Waals surface area contributed by atoms with Crippen molar-refractivity contribution in [1.82, 2.24) is 10.9 Å². The Labute approximate surface area is 172 Å². The second-order valence-electron chi connectivity index (χ2n) is 6.33. The second-order valence-corrected chi connectivity index (χ2v) is 6.33. The standard InChI is InChI=1S/C20H22N4O6/c1-3-4-18(25)21-15-7-5-14(6-8-15)20(27)23-22-19(26)13(2)30-17-11-9-16(10-12-17)24(28)29/h5-13H,3-4H2,1-2H3,(H,21,25)(H,22,26)(H,23,27).